The van der Waals surface area contributed by atoms with E-state index < -0.39 is 69.3 Å². The van der Waals surface area contributed by atoms with Gasteiger partial charge in [-0.2, -0.15) is 12.2 Å². The van der Waals surface area contributed by atoms with Gasteiger partial charge in [-0.3, -0.25) is 17.6 Å². The van der Waals surface area contributed by atoms with Crippen LogP contribution < -0.4 is 0 Å². The van der Waals surface area contributed by atoms with Crippen molar-refractivity contribution in [2.45, 2.75) is 19.3 Å². The van der Waals surface area contributed by atoms with Gasteiger partial charge in [-0.25, -0.2) is 37.5 Å². The number of hydrogen-bond donors (Lipinski definition) is 0. The van der Waals surface area contributed by atoms with Crippen LogP contribution in [0.1, 0.15) is 30.4 Å². The van der Waals surface area contributed by atoms with Crippen molar-refractivity contribution >= 4 is 0 Å². The first-order valence-corrected chi connectivity index (χ1v) is 7.85. The quantitative estimate of drug-likeness (QED) is 0.196. The fraction of sp³-hybridized carbons (Fsp3) is 0.158. The summed E-state index contributed by atoms with van der Waals surface area (Å²) in [6.45, 7) is 0. The minimum atomic E-state index is -2.38. The molecule has 11 heteroatoms. The zero-order valence-corrected chi connectivity index (χ0v) is 16.9. The molecule has 1 fully saturated rings. The van der Waals surface area contributed by atoms with E-state index >= 15 is 0 Å². The van der Waals surface area contributed by atoms with Crippen LogP contribution in [0, 0.1) is 70.3 Å². The van der Waals surface area contributed by atoms with Crippen molar-refractivity contribution in [3.63, 3.8) is 0 Å². The minimum Gasteiger partial charge on any atom is -0.261 e. The fourth-order valence-corrected chi connectivity index (χ4v) is 2.75. The molecule has 0 saturated heterocycles. The third-order valence-corrected chi connectivity index (χ3v) is 4.19. The second-order valence-electron chi connectivity index (χ2n) is 5.95. The summed E-state index contributed by atoms with van der Waals surface area (Å²) >= 11 is 0. The molecular weight excluding hydrogens is 509 g/mol. The summed E-state index contributed by atoms with van der Waals surface area (Å²) in [6, 6.07) is 0. The topological polar surface area (TPSA) is 0 Å². The molecule has 1 aliphatic rings. The first-order valence-electron chi connectivity index (χ1n) is 7.85. The van der Waals surface area contributed by atoms with Crippen LogP contribution in [-0.2, 0) is 26.2 Å². The average molecular weight is 515 g/mol. The molecule has 2 aromatic carbocycles. The van der Waals surface area contributed by atoms with Gasteiger partial charge in [-0.15, -0.1) is 0 Å². The van der Waals surface area contributed by atoms with Crippen LogP contribution in [0.2, 0.25) is 0 Å². The van der Waals surface area contributed by atoms with Crippen LogP contribution in [0.3, 0.4) is 0 Å². The van der Waals surface area contributed by atoms with E-state index in [1.54, 1.807) is 0 Å². The molecule has 1 aliphatic carbocycles. The maximum atomic E-state index is 13.8. The molecule has 3 rings (SSSR count). The Morgan fingerprint density at radius 1 is 0.400 bits per heavy atom. The second kappa shape index (κ2) is 9.08. The van der Waals surface area contributed by atoms with E-state index in [1.807, 2.05) is 12.2 Å². The summed E-state index contributed by atoms with van der Waals surface area (Å²) in [5.74, 6) is -22.4. The molecule has 0 unspecified atom stereocenters. The van der Waals surface area contributed by atoms with Gasteiger partial charge >= 0.3 is 26.2 Å². The standard InChI is InChI=1S/C19H6F10.Zr/c20-10-8(11(21)15(25)18(28)14(10)24)4-6-2-1-3-7(6)5-9-12(22)16(26)19(29)17(27)13(9)23;/h1-3H2;/q-2;+4. The Morgan fingerprint density at radius 2 is 0.633 bits per heavy atom. The average Bonchev–Trinajstić information content (AvgIpc) is 3.15. The van der Waals surface area contributed by atoms with E-state index in [9.17, 15) is 43.9 Å². The molecule has 0 heterocycles. The van der Waals surface area contributed by atoms with Crippen molar-refractivity contribution in [1.82, 2.24) is 0 Å². The molecule has 0 N–H and O–H groups in total. The largest absolute Gasteiger partial charge is 4.00 e. The van der Waals surface area contributed by atoms with Crippen molar-refractivity contribution in [3.8, 4) is 0 Å². The molecule has 1 saturated carbocycles. The van der Waals surface area contributed by atoms with Gasteiger partial charge in [0, 0.05) is 0 Å². The molecule has 0 aromatic heterocycles. The normalized spacial score (nSPS) is 16.5. The van der Waals surface area contributed by atoms with Crippen LogP contribution in [0.5, 0.6) is 0 Å². The zero-order chi connectivity index (χ0) is 21.6. The maximum absolute atomic E-state index is 13.8. The zero-order valence-electron chi connectivity index (χ0n) is 14.4. The first kappa shape index (κ1) is 24.4. The van der Waals surface area contributed by atoms with E-state index in [1.165, 1.54) is 0 Å². The first-order chi connectivity index (χ1) is 13.6. The Labute approximate surface area is 182 Å². The van der Waals surface area contributed by atoms with Crippen LogP contribution >= 0.6 is 0 Å². The van der Waals surface area contributed by atoms with Crippen molar-refractivity contribution in [3.05, 3.63) is 92.6 Å². The number of halogens is 10. The number of rotatable bonds is 2. The number of hydrogen-bond acceptors (Lipinski definition) is 0. The van der Waals surface area contributed by atoms with Gasteiger partial charge < -0.3 is 0 Å². The van der Waals surface area contributed by atoms with Gasteiger partial charge in [-0.1, -0.05) is 30.4 Å². The Bertz CT molecular complexity index is 944. The smallest absolute Gasteiger partial charge is 0.261 e. The molecule has 154 valence electrons. The third kappa shape index (κ3) is 4.00. The van der Waals surface area contributed by atoms with Crippen LogP contribution in [0.4, 0.5) is 43.9 Å². The van der Waals surface area contributed by atoms with E-state index in [0.29, 0.717) is 0 Å². The van der Waals surface area contributed by atoms with Crippen LogP contribution in [0.25, 0.3) is 0 Å². The molecule has 0 amide bonds. The summed E-state index contributed by atoms with van der Waals surface area (Å²) < 4.78 is 135. The van der Waals surface area contributed by atoms with Crippen LogP contribution in [0.15, 0.2) is 11.1 Å². The monoisotopic (exact) mass is 514 g/mol. The molecule has 0 radical (unpaired) electrons. The third-order valence-electron chi connectivity index (χ3n) is 4.19. The molecule has 0 nitrogen and oxygen atoms in total. The summed E-state index contributed by atoms with van der Waals surface area (Å²) in [5.41, 5.74) is -3.35. The second-order valence-corrected chi connectivity index (χ2v) is 5.95. The van der Waals surface area contributed by atoms with Crippen molar-refractivity contribution < 1.29 is 70.1 Å². The van der Waals surface area contributed by atoms with Gasteiger partial charge in [0.2, 0.25) is 0 Å². The molecule has 0 atom stereocenters. The SMILES string of the molecule is Fc1c(F)c(F)c([C-]=C2CCCC2=[C-]c2c(F)c(F)c(F)c(F)c2F)c(F)c1F.[Zr+4]. The van der Waals surface area contributed by atoms with Crippen molar-refractivity contribution in [1.29, 1.82) is 0 Å². The van der Waals surface area contributed by atoms with Gasteiger partial charge in [0.15, 0.2) is 34.9 Å². The van der Waals surface area contributed by atoms with Gasteiger partial charge in [-0.05, 0) is 0 Å². The summed E-state index contributed by atoms with van der Waals surface area (Å²) in [7, 11) is 0. The molecule has 0 spiro atoms. The Balaban J connectivity index is 0.00000320. The predicted octanol–water partition coefficient (Wildman–Crippen LogP) is 6.11. The maximum Gasteiger partial charge on any atom is 4.00 e. The van der Waals surface area contributed by atoms with E-state index in [4.69, 9.17) is 0 Å². The van der Waals surface area contributed by atoms with Gasteiger partial charge in [0.25, 0.3) is 0 Å². The van der Waals surface area contributed by atoms with E-state index in [-0.39, 0.29) is 56.6 Å². The van der Waals surface area contributed by atoms with E-state index in [2.05, 4.69) is 0 Å². The molecule has 0 bridgehead atoms. The van der Waals surface area contributed by atoms with Crippen molar-refractivity contribution in [2.24, 2.45) is 0 Å². The molecule has 2 aromatic rings. The Hall–Kier alpha value is -1.90. The molecule has 30 heavy (non-hydrogen) atoms. The van der Waals surface area contributed by atoms with Crippen molar-refractivity contribution in [2.75, 3.05) is 0 Å². The number of benzene rings is 2. The minimum absolute atomic E-state index is 0. The van der Waals surface area contributed by atoms with Gasteiger partial charge in [0.05, 0.1) is 23.3 Å². The molecular formula is C19H6F10Zr+2. The Morgan fingerprint density at radius 3 is 0.900 bits per heavy atom. The number of allylic oxidation sites excluding steroid dienone is 2. The molecule has 0 aliphatic heterocycles. The summed E-state index contributed by atoms with van der Waals surface area (Å²) in [4.78, 5) is 0. The summed E-state index contributed by atoms with van der Waals surface area (Å²) in [6.07, 6.45) is 3.95. The fourth-order valence-electron chi connectivity index (χ4n) is 2.75. The van der Waals surface area contributed by atoms with E-state index in [0.717, 1.165) is 0 Å². The van der Waals surface area contributed by atoms with Gasteiger partial charge in [0.1, 0.15) is 0 Å². The van der Waals surface area contributed by atoms with Crippen LogP contribution in [-0.4, -0.2) is 0 Å². The Kier molecular flexibility index (Phi) is 7.38. The summed E-state index contributed by atoms with van der Waals surface area (Å²) in [5, 5.41) is 0. The predicted molar refractivity (Wildman–Crippen MR) is 78.0 cm³/mol.